The topological polar surface area (TPSA) is 61.4 Å². The number of rotatable bonds is 6. The van der Waals surface area contributed by atoms with Crippen molar-refractivity contribution in [1.29, 1.82) is 0 Å². The number of amides is 1. The highest BCUT2D eigenvalue weighted by molar-refractivity contribution is 6.04. The van der Waals surface area contributed by atoms with Crippen molar-refractivity contribution in [3.63, 3.8) is 0 Å². The van der Waals surface area contributed by atoms with Gasteiger partial charge in [0.05, 0.1) is 0 Å². The lowest BCUT2D eigenvalue weighted by Crippen LogP contribution is -2.46. The normalized spacial score (nSPS) is 14.9. The van der Waals surface area contributed by atoms with Crippen LogP contribution in [0.3, 0.4) is 0 Å². The van der Waals surface area contributed by atoms with Gasteiger partial charge in [-0.05, 0) is 37.4 Å². The third kappa shape index (κ3) is 4.50. The maximum Gasteiger partial charge on any atom is 0.274 e. The summed E-state index contributed by atoms with van der Waals surface area (Å²) in [7, 11) is 0. The smallest absolute Gasteiger partial charge is 0.274 e. The van der Waals surface area contributed by atoms with Crippen LogP contribution in [0.15, 0.2) is 24.3 Å². The van der Waals surface area contributed by atoms with Gasteiger partial charge in [-0.25, -0.2) is 9.97 Å². The highest BCUT2D eigenvalue weighted by Crippen LogP contribution is 2.24. The van der Waals surface area contributed by atoms with Crippen LogP contribution in [0, 0.1) is 6.92 Å². The molecule has 1 aromatic heterocycles. The lowest BCUT2D eigenvalue weighted by molar-refractivity contribution is 0.102. The summed E-state index contributed by atoms with van der Waals surface area (Å²) in [6.07, 6.45) is 1.75. The second-order valence-electron chi connectivity index (χ2n) is 7.19. The van der Waals surface area contributed by atoms with E-state index >= 15 is 0 Å². The molecule has 0 atom stereocenters. The zero-order chi connectivity index (χ0) is 20.1. The Morgan fingerprint density at radius 1 is 1.04 bits per heavy atom. The van der Waals surface area contributed by atoms with Gasteiger partial charge in [-0.15, -0.1) is 0 Å². The molecule has 0 aliphatic carbocycles. The van der Waals surface area contributed by atoms with Crippen molar-refractivity contribution in [2.45, 2.75) is 40.5 Å². The quantitative estimate of drug-likeness (QED) is 0.832. The van der Waals surface area contributed by atoms with Crippen LogP contribution in [0.4, 0.5) is 11.5 Å². The van der Waals surface area contributed by atoms with E-state index in [1.807, 2.05) is 13.0 Å². The number of aromatic nitrogens is 2. The molecule has 1 aliphatic heterocycles. The Labute approximate surface area is 168 Å². The van der Waals surface area contributed by atoms with Gasteiger partial charge in [-0.2, -0.15) is 0 Å². The van der Waals surface area contributed by atoms with Crippen LogP contribution in [0.25, 0.3) is 0 Å². The standard InChI is InChI=1S/C22H31N5O/c1-5-17-9-8-10-18(6-2)21(17)25-22(28)19-15-20(24-16(4)23-19)27-13-11-26(7-3)12-14-27/h8-10,15H,5-7,11-14H2,1-4H3,(H,25,28). The fourth-order valence-corrected chi connectivity index (χ4v) is 3.70. The van der Waals surface area contributed by atoms with E-state index in [0.717, 1.165) is 68.2 Å². The van der Waals surface area contributed by atoms with Crippen molar-refractivity contribution in [2.75, 3.05) is 42.9 Å². The third-order valence-corrected chi connectivity index (χ3v) is 5.44. The van der Waals surface area contributed by atoms with E-state index in [1.54, 1.807) is 0 Å². The molecule has 28 heavy (non-hydrogen) atoms. The van der Waals surface area contributed by atoms with Crippen LogP contribution in [-0.2, 0) is 12.8 Å². The van der Waals surface area contributed by atoms with Crippen LogP contribution < -0.4 is 10.2 Å². The molecule has 150 valence electrons. The second-order valence-corrected chi connectivity index (χ2v) is 7.19. The minimum absolute atomic E-state index is 0.172. The van der Waals surface area contributed by atoms with Gasteiger partial charge in [0.15, 0.2) is 0 Å². The predicted octanol–water partition coefficient (Wildman–Crippen LogP) is 3.30. The summed E-state index contributed by atoms with van der Waals surface area (Å²) < 4.78 is 0. The lowest BCUT2D eigenvalue weighted by Gasteiger charge is -2.34. The number of benzene rings is 1. The van der Waals surface area contributed by atoms with Crippen LogP contribution in [0.2, 0.25) is 0 Å². The molecule has 0 saturated carbocycles. The van der Waals surface area contributed by atoms with Crippen molar-refractivity contribution in [2.24, 2.45) is 0 Å². The summed E-state index contributed by atoms with van der Waals surface area (Å²) in [6, 6.07) is 8.01. The Balaban J connectivity index is 1.83. The molecule has 6 nitrogen and oxygen atoms in total. The summed E-state index contributed by atoms with van der Waals surface area (Å²) >= 11 is 0. The van der Waals surface area contributed by atoms with E-state index in [0.29, 0.717) is 11.5 Å². The molecule has 6 heteroatoms. The summed E-state index contributed by atoms with van der Waals surface area (Å²) in [5.41, 5.74) is 3.64. The van der Waals surface area contributed by atoms with Crippen LogP contribution in [-0.4, -0.2) is 53.5 Å². The molecule has 0 spiro atoms. The Kier molecular flexibility index (Phi) is 6.62. The first-order valence-corrected chi connectivity index (χ1v) is 10.3. The number of carbonyl (C=O) groups excluding carboxylic acids is 1. The van der Waals surface area contributed by atoms with Crippen molar-refractivity contribution < 1.29 is 4.79 Å². The first-order chi connectivity index (χ1) is 13.5. The Morgan fingerprint density at radius 3 is 2.25 bits per heavy atom. The summed E-state index contributed by atoms with van der Waals surface area (Å²) in [4.78, 5) is 26.7. The van der Waals surface area contributed by atoms with Crippen molar-refractivity contribution in [3.8, 4) is 0 Å². The number of piperazine rings is 1. The van der Waals surface area contributed by atoms with Crippen molar-refractivity contribution >= 4 is 17.4 Å². The van der Waals surface area contributed by atoms with E-state index in [1.165, 1.54) is 0 Å². The molecule has 1 fully saturated rings. The molecule has 2 heterocycles. The number of para-hydroxylation sites is 1. The average molecular weight is 382 g/mol. The Bertz CT molecular complexity index is 805. The number of hydrogen-bond donors (Lipinski definition) is 1. The third-order valence-electron chi connectivity index (χ3n) is 5.44. The Morgan fingerprint density at radius 2 is 1.68 bits per heavy atom. The maximum absolute atomic E-state index is 13.0. The Hall–Kier alpha value is -2.47. The molecule has 0 unspecified atom stereocenters. The summed E-state index contributed by atoms with van der Waals surface area (Å²) in [6.45, 7) is 13.2. The van der Waals surface area contributed by atoms with Gasteiger partial charge in [0.25, 0.3) is 5.91 Å². The van der Waals surface area contributed by atoms with E-state index in [-0.39, 0.29) is 5.91 Å². The molecule has 1 amide bonds. The fraction of sp³-hybridized carbons (Fsp3) is 0.500. The number of hydrogen-bond acceptors (Lipinski definition) is 5. The molecule has 1 saturated heterocycles. The number of anilines is 2. The van der Waals surface area contributed by atoms with E-state index in [9.17, 15) is 4.79 Å². The van der Waals surface area contributed by atoms with E-state index in [2.05, 4.69) is 64.1 Å². The highest BCUT2D eigenvalue weighted by Gasteiger charge is 2.20. The molecule has 1 N–H and O–H groups in total. The SMILES string of the molecule is CCc1cccc(CC)c1NC(=O)c1cc(N2CCN(CC)CC2)nc(C)n1. The maximum atomic E-state index is 13.0. The monoisotopic (exact) mass is 381 g/mol. The second kappa shape index (κ2) is 9.15. The lowest BCUT2D eigenvalue weighted by atomic mass is 10.0. The van der Waals surface area contributed by atoms with Gasteiger partial charge in [-0.3, -0.25) is 4.79 Å². The van der Waals surface area contributed by atoms with Crippen LogP contribution in [0.1, 0.15) is 48.2 Å². The first kappa shape index (κ1) is 20.3. The molecular formula is C22H31N5O. The van der Waals surface area contributed by atoms with Gasteiger partial charge in [0.2, 0.25) is 0 Å². The largest absolute Gasteiger partial charge is 0.354 e. The minimum atomic E-state index is -0.172. The zero-order valence-corrected chi connectivity index (χ0v) is 17.5. The number of nitrogens with zero attached hydrogens (tertiary/aromatic N) is 4. The average Bonchev–Trinajstić information content (AvgIpc) is 2.73. The van der Waals surface area contributed by atoms with Gasteiger partial charge < -0.3 is 15.1 Å². The molecule has 2 aromatic rings. The fourth-order valence-electron chi connectivity index (χ4n) is 3.70. The predicted molar refractivity (Wildman–Crippen MR) is 114 cm³/mol. The number of nitrogens with one attached hydrogen (secondary N) is 1. The molecule has 0 radical (unpaired) electrons. The molecule has 1 aliphatic rings. The number of aryl methyl sites for hydroxylation is 3. The van der Waals surface area contributed by atoms with Gasteiger partial charge in [0.1, 0.15) is 17.3 Å². The molecule has 0 bridgehead atoms. The minimum Gasteiger partial charge on any atom is -0.354 e. The molecule has 1 aromatic carbocycles. The number of likely N-dealkylation sites (N-methyl/N-ethyl adjacent to an activating group) is 1. The first-order valence-electron chi connectivity index (χ1n) is 10.3. The van der Waals surface area contributed by atoms with Crippen LogP contribution >= 0.6 is 0 Å². The summed E-state index contributed by atoms with van der Waals surface area (Å²) in [5, 5.41) is 3.11. The highest BCUT2D eigenvalue weighted by atomic mass is 16.1. The van der Waals surface area contributed by atoms with Crippen molar-refractivity contribution in [1.82, 2.24) is 14.9 Å². The zero-order valence-electron chi connectivity index (χ0n) is 17.5. The van der Waals surface area contributed by atoms with E-state index < -0.39 is 0 Å². The van der Waals surface area contributed by atoms with Gasteiger partial charge >= 0.3 is 0 Å². The van der Waals surface area contributed by atoms with Gasteiger partial charge in [-0.1, -0.05) is 39.0 Å². The van der Waals surface area contributed by atoms with Crippen molar-refractivity contribution in [3.05, 3.63) is 46.9 Å². The molecular weight excluding hydrogens is 350 g/mol. The van der Waals surface area contributed by atoms with Gasteiger partial charge in [0, 0.05) is 37.9 Å². The van der Waals surface area contributed by atoms with E-state index in [4.69, 9.17) is 0 Å². The number of carbonyl (C=O) groups is 1. The molecule has 3 rings (SSSR count). The summed E-state index contributed by atoms with van der Waals surface area (Å²) in [5.74, 6) is 1.29. The van der Waals surface area contributed by atoms with Crippen LogP contribution in [0.5, 0.6) is 0 Å².